The number of hydrogen-bond acceptors (Lipinski definition) is 3. The molecule has 0 bridgehead atoms. The number of nitrogens with zero attached hydrogens (tertiary/aromatic N) is 2. The van der Waals surface area contributed by atoms with Gasteiger partial charge >= 0.3 is 0 Å². The Balaban J connectivity index is 2.41. The molecule has 0 aliphatic carbocycles. The van der Waals surface area contributed by atoms with Crippen LogP contribution in [0.1, 0.15) is 12.7 Å². The fourth-order valence-electron chi connectivity index (χ4n) is 1.60. The standard InChI is InChI=1S/C13H15N3/c1-3-14-13-9-12(15-10(2)16-13)11-7-5-4-6-8-11/h4-9H,3H2,1-2H3,(H,14,15,16). The molecule has 0 radical (unpaired) electrons. The normalized spacial score (nSPS) is 10.1. The van der Waals surface area contributed by atoms with Gasteiger partial charge in [0, 0.05) is 18.2 Å². The Hall–Kier alpha value is -1.90. The number of aromatic nitrogens is 2. The van der Waals surface area contributed by atoms with Crippen LogP contribution in [-0.2, 0) is 0 Å². The van der Waals surface area contributed by atoms with Crippen LogP contribution in [0.5, 0.6) is 0 Å². The van der Waals surface area contributed by atoms with E-state index in [1.54, 1.807) is 0 Å². The van der Waals surface area contributed by atoms with Gasteiger partial charge in [0.2, 0.25) is 0 Å². The van der Waals surface area contributed by atoms with Crippen LogP contribution < -0.4 is 5.32 Å². The van der Waals surface area contributed by atoms with E-state index in [4.69, 9.17) is 0 Å². The zero-order valence-corrected chi connectivity index (χ0v) is 9.57. The summed E-state index contributed by atoms with van der Waals surface area (Å²) in [5.41, 5.74) is 2.08. The van der Waals surface area contributed by atoms with Crippen molar-refractivity contribution in [2.75, 3.05) is 11.9 Å². The summed E-state index contributed by atoms with van der Waals surface area (Å²) in [7, 11) is 0. The van der Waals surface area contributed by atoms with Gasteiger partial charge in [-0.1, -0.05) is 30.3 Å². The summed E-state index contributed by atoms with van der Waals surface area (Å²) in [5, 5.41) is 3.21. The molecule has 3 nitrogen and oxygen atoms in total. The molecule has 1 aromatic heterocycles. The lowest BCUT2D eigenvalue weighted by Crippen LogP contribution is -2.02. The van der Waals surface area contributed by atoms with E-state index in [1.807, 2.05) is 31.2 Å². The molecule has 0 fully saturated rings. The molecule has 82 valence electrons. The van der Waals surface area contributed by atoms with E-state index in [2.05, 4.69) is 34.3 Å². The number of aryl methyl sites for hydroxylation is 1. The van der Waals surface area contributed by atoms with Gasteiger partial charge in [-0.15, -0.1) is 0 Å². The van der Waals surface area contributed by atoms with E-state index in [1.165, 1.54) is 0 Å². The SMILES string of the molecule is CCNc1cc(-c2ccccc2)nc(C)n1. The molecule has 1 N–H and O–H groups in total. The van der Waals surface area contributed by atoms with Crippen molar-refractivity contribution in [3.05, 3.63) is 42.2 Å². The summed E-state index contributed by atoms with van der Waals surface area (Å²) in [6.07, 6.45) is 0. The van der Waals surface area contributed by atoms with E-state index in [0.29, 0.717) is 0 Å². The summed E-state index contributed by atoms with van der Waals surface area (Å²) >= 11 is 0. The molecule has 0 amide bonds. The number of nitrogens with one attached hydrogen (secondary N) is 1. The van der Waals surface area contributed by atoms with Crippen molar-refractivity contribution < 1.29 is 0 Å². The van der Waals surface area contributed by atoms with E-state index in [0.717, 1.165) is 29.4 Å². The van der Waals surface area contributed by atoms with Crippen LogP contribution in [0.4, 0.5) is 5.82 Å². The average molecular weight is 213 g/mol. The molecule has 1 heterocycles. The average Bonchev–Trinajstić information content (AvgIpc) is 2.30. The van der Waals surface area contributed by atoms with Crippen molar-refractivity contribution >= 4 is 5.82 Å². The third kappa shape index (κ3) is 2.37. The molecule has 0 saturated carbocycles. The summed E-state index contributed by atoms with van der Waals surface area (Å²) in [6.45, 7) is 4.83. The highest BCUT2D eigenvalue weighted by Crippen LogP contribution is 2.19. The zero-order valence-electron chi connectivity index (χ0n) is 9.57. The van der Waals surface area contributed by atoms with Crippen LogP contribution >= 0.6 is 0 Å². The lowest BCUT2D eigenvalue weighted by atomic mass is 10.1. The second kappa shape index (κ2) is 4.75. The predicted octanol–water partition coefficient (Wildman–Crippen LogP) is 2.88. The molecule has 0 spiro atoms. The molecule has 2 aromatic rings. The van der Waals surface area contributed by atoms with Gasteiger partial charge in [0.05, 0.1) is 5.69 Å². The van der Waals surface area contributed by atoms with Crippen LogP contribution in [0.25, 0.3) is 11.3 Å². The Kier molecular flexibility index (Phi) is 3.15. The molecule has 3 heteroatoms. The molecule has 1 aromatic carbocycles. The first kappa shape index (κ1) is 10.6. The quantitative estimate of drug-likeness (QED) is 0.851. The number of rotatable bonds is 3. The Morgan fingerprint density at radius 3 is 2.56 bits per heavy atom. The lowest BCUT2D eigenvalue weighted by Gasteiger charge is -2.06. The predicted molar refractivity (Wildman–Crippen MR) is 66.4 cm³/mol. The highest BCUT2D eigenvalue weighted by molar-refractivity contribution is 5.62. The van der Waals surface area contributed by atoms with E-state index in [-0.39, 0.29) is 0 Å². The Morgan fingerprint density at radius 2 is 1.88 bits per heavy atom. The summed E-state index contributed by atoms with van der Waals surface area (Å²) in [6, 6.07) is 12.1. The molecular weight excluding hydrogens is 198 g/mol. The highest BCUT2D eigenvalue weighted by Gasteiger charge is 2.02. The minimum atomic E-state index is 0.789. The van der Waals surface area contributed by atoms with E-state index >= 15 is 0 Å². The zero-order chi connectivity index (χ0) is 11.4. The molecule has 0 unspecified atom stereocenters. The molecule has 2 rings (SSSR count). The largest absolute Gasteiger partial charge is 0.370 e. The fourth-order valence-corrected chi connectivity index (χ4v) is 1.60. The summed E-state index contributed by atoms with van der Waals surface area (Å²) < 4.78 is 0. The summed E-state index contributed by atoms with van der Waals surface area (Å²) in [5.74, 6) is 1.67. The molecule has 0 atom stereocenters. The van der Waals surface area contributed by atoms with Crippen molar-refractivity contribution in [1.29, 1.82) is 0 Å². The number of hydrogen-bond donors (Lipinski definition) is 1. The molecule has 16 heavy (non-hydrogen) atoms. The smallest absolute Gasteiger partial charge is 0.130 e. The monoisotopic (exact) mass is 213 g/mol. The Labute approximate surface area is 95.6 Å². The van der Waals surface area contributed by atoms with E-state index in [9.17, 15) is 0 Å². The fraction of sp³-hybridized carbons (Fsp3) is 0.231. The maximum absolute atomic E-state index is 4.44. The van der Waals surface area contributed by atoms with Gasteiger partial charge in [0.1, 0.15) is 11.6 Å². The second-order valence-corrected chi connectivity index (χ2v) is 3.58. The van der Waals surface area contributed by atoms with Crippen molar-refractivity contribution in [3.8, 4) is 11.3 Å². The molecule has 0 aliphatic heterocycles. The molecule has 0 aliphatic rings. The van der Waals surface area contributed by atoms with Crippen LogP contribution in [0.15, 0.2) is 36.4 Å². The lowest BCUT2D eigenvalue weighted by molar-refractivity contribution is 1.04. The number of anilines is 1. The first-order valence-electron chi connectivity index (χ1n) is 5.44. The van der Waals surface area contributed by atoms with Crippen LogP contribution in [0.2, 0.25) is 0 Å². The van der Waals surface area contributed by atoms with Gasteiger partial charge in [-0.3, -0.25) is 0 Å². The van der Waals surface area contributed by atoms with Gasteiger partial charge in [0.25, 0.3) is 0 Å². The third-order valence-electron chi connectivity index (χ3n) is 2.27. The van der Waals surface area contributed by atoms with Gasteiger partial charge in [0.15, 0.2) is 0 Å². The topological polar surface area (TPSA) is 37.8 Å². The maximum atomic E-state index is 4.44. The summed E-state index contributed by atoms with van der Waals surface area (Å²) in [4.78, 5) is 8.76. The third-order valence-corrected chi connectivity index (χ3v) is 2.27. The highest BCUT2D eigenvalue weighted by atomic mass is 15.0. The van der Waals surface area contributed by atoms with Gasteiger partial charge in [-0.25, -0.2) is 9.97 Å². The van der Waals surface area contributed by atoms with Crippen molar-refractivity contribution in [2.24, 2.45) is 0 Å². The van der Waals surface area contributed by atoms with E-state index < -0.39 is 0 Å². The van der Waals surface area contributed by atoms with Gasteiger partial charge < -0.3 is 5.32 Å². The van der Waals surface area contributed by atoms with Gasteiger partial charge in [-0.05, 0) is 13.8 Å². The minimum absolute atomic E-state index is 0.789. The van der Waals surface area contributed by atoms with Gasteiger partial charge in [-0.2, -0.15) is 0 Å². The molecule has 0 saturated heterocycles. The second-order valence-electron chi connectivity index (χ2n) is 3.58. The first-order valence-corrected chi connectivity index (χ1v) is 5.44. The van der Waals surface area contributed by atoms with Crippen LogP contribution in [0, 0.1) is 6.92 Å². The number of benzene rings is 1. The van der Waals surface area contributed by atoms with Crippen molar-refractivity contribution in [2.45, 2.75) is 13.8 Å². The van der Waals surface area contributed by atoms with Crippen LogP contribution in [-0.4, -0.2) is 16.5 Å². The van der Waals surface area contributed by atoms with Crippen LogP contribution in [0.3, 0.4) is 0 Å². The van der Waals surface area contributed by atoms with Crippen molar-refractivity contribution in [3.63, 3.8) is 0 Å². The maximum Gasteiger partial charge on any atom is 0.130 e. The molecular formula is C13H15N3. The minimum Gasteiger partial charge on any atom is -0.370 e. The Morgan fingerprint density at radius 1 is 1.12 bits per heavy atom. The first-order chi connectivity index (χ1) is 7.79. The van der Waals surface area contributed by atoms with Crippen molar-refractivity contribution in [1.82, 2.24) is 9.97 Å². The Bertz CT molecular complexity index is 466.